The van der Waals surface area contributed by atoms with Crippen LogP contribution in [0.3, 0.4) is 0 Å². The van der Waals surface area contributed by atoms with Crippen molar-refractivity contribution in [3.63, 3.8) is 0 Å². The van der Waals surface area contributed by atoms with Crippen molar-refractivity contribution < 1.29 is 27.5 Å². The van der Waals surface area contributed by atoms with E-state index >= 15 is 0 Å². The number of benzene rings is 2. The standard InChI is InChI=1S/C18H19N3O6S/c1-19-17(23)12-6-8-14(9-7-12)21-16(22)11-27-18(24)13-4-3-5-15(10-13)28(25,26)20-2/h3-10,20H,11H2,1-2H3,(H,19,23)(H,21,22). The Morgan fingerprint density at radius 3 is 2.25 bits per heavy atom. The zero-order chi connectivity index (χ0) is 20.7. The summed E-state index contributed by atoms with van der Waals surface area (Å²) in [5.74, 6) is -1.67. The highest BCUT2D eigenvalue weighted by molar-refractivity contribution is 7.89. The summed E-state index contributed by atoms with van der Waals surface area (Å²) in [6.45, 7) is -0.557. The molecule has 0 radical (unpaired) electrons. The second kappa shape index (κ2) is 9.11. The van der Waals surface area contributed by atoms with E-state index in [9.17, 15) is 22.8 Å². The van der Waals surface area contributed by atoms with Crippen LogP contribution in [0.15, 0.2) is 53.4 Å². The minimum atomic E-state index is -3.70. The number of ether oxygens (including phenoxy) is 1. The molecule has 0 fully saturated rings. The second-order valence-corrected chi connectivity index (χ2v) is 7.40. The van der Waals surface area contributed by atoms with E-state index in [4.69, 9.17) is 4.74 Å². The number of hydrogen-bond acceptors (Lipinski definition) is 6. The van der Waals surface area contributed by atoms with Crippen LogP contribution in [0.5, 0.6) is 0 Å². The lowest BCUT2D eigenvalue weighted by molar-refractivity contribution is -0.119. The highest BCUT2D eigenvalue weighted by Crippen LogP contribution is 2.13. The predicted octanol–water partition coefficient (Wildman–Crippen LogP) is 0.750. The Hall–Kier alpha value is -3.24. The zero-order valence-corrected chi connectivity index (χ0v) is 16.0. The summed E-state index contributed by atoms with van der Waals surface area (Å²) < 4.78 is 30.6. The van der Waals surface area contributed by atoms with Gasteiger partial charge in [-0.1, -0.05) is 6.07 Å². The van der Waals surface area contributed by atoms with Gasteiger partial charge < -0.3 is 15.4 Å². The SMILES string of the molecule is CNC(=O)c1ccc(NC(=O)COC(=O)c2cccc(S(=O)(=O)NC)c2)cc1. The van der Waals surface area contributed by atoms with Gasteiger partial charge in [-0.2, -0.15) is 0 Å². The first kappa shape index (κ1) is 21.1. The molecular formula is C18H19N3O6S. The van der Waals surface area contributed by atoms with Gasteiger partial charge in [0.2, 0.25) is 10.0 Å². The van der Waals surface area contributed by atoms with Crippen molar-refractivity contribution in [3.8, 4) is 0 Å². The number of sulfonamides is 1. The summed E-state index contributed by atoms with van der Waals surface area (Å²) in [6, 6.07) is 11.4. The van der Waals surface area contributed by atoms with Gasteiger partial charge in [0, 0.05) is 18.3 Å². The van der Waals surface area contributed by atoms with Gasteiger partial charge in [-0.15, -0.1) is 0 Å². The summed E-state index contributed by atoms with van der Waals surface area (Å²) in [6.07, 6.45) is 0. The minimum absolute atomic E-state index is 0.000874. The van der Waals surface area contributed by atoms with Crippen molar-refractivity contribution >= 4 is 33.5 Å². The predicted molar refractivity (Wildman–Crippen MR) is 101 cm³/mol. The van der Waals surface area contributed by atoms with Crippen LogP contribution in [0.25, 0.3) is 0 Å². The van der Waals surface area contributed by atoms with Crippen LogP contribution in [0.4, 0.5) is 5.69 Å². The molecule has 0 aliphatic rings. The van der Waals surface area contributed by atoms with Gasteiger partial charge in [0.05, 0.1) is 10.5 Å². The number of amides is 2. The van der Waals surface area contributed by atoms with Crippen LogP contribution in [0.1, 0.15) is 20.7 Å². The molecule has 0 spiro atoms. The Morgan fingerprint density at radius 2 is 1.64 bits per heavy atom. The van der Waals surface area contributed by atoms with Crippen molar-refractivity contribution in [1.82, 2.24) is 10.0 Å². The minimum Gasteiger partial charge on any atom is -0.452 e. The molecular weight excluding hydrogens is 386 g/mol. The number of carbonyl (C=O) groups excluding carboxylic acids is 3. The molecule has 9 nitrogen and oxygen atoms in total. The number of rotatable bonds is 7. The van der Waals surface area contributed by atoms with E-state index in [1.165, 1.54) is 56.6 Å². The molecule has 28 heavy (non-hydrogen) atoms. The summed E-state index contributed by atoms with van der Waals surface area (Å²) >= 11 is 0. The van der Waals surface area contributed by atoms with E-state index in [0.29, 0.717) is 11.3 Å². The fourth-order valence-electron chi connectivity index (χ4n) is 2.17. The molecule has 0 saturated heterocycles. The molecule has 0 bridgehead atoms. The van der Waals surface area contributed by atoms with Crippen LogP contribution < -0.4 is 15.4 Å². The maximum absolute atomic E-state index is 12.1. The Kier molecular flexibility index (Phi) is 6.85. The Balaban J connectivity index is 1.95. The number of anilines is 1. The van der Waals surface area contributed by atoms with Gasteiger partial charge in [-0.05, 0) is 49.5 Å². The first-order valence-corrected chi connectivity index (χ1v) is 9.58. The normalized spacial score (nSPS) is 10.8. The molecule has 0 aromatic heterocycles. The number of nitrogens with one attached hydrogen (secondary N) is 3. The molecule has 2 aromatic rings. The van der Waals surface area contributed by atoms with E-state index in [0.717, 1.165) is 6.07 Å². The molecule has 0 atom stereocenters. The van der Waals surface area contributed by atoms with Gasteiger partial charge in [0.25, 0.3) is 11.8 Å². The third-order valence-electron chi connectivity index (χ3n) is 3.64. The van der Waals surface area contributed by atoms with Crippen molar-refractivity contribution in [3.05, 3.63) is 59.7 Å². The van der Waals surface area contributed by atoms with E-state index in [1.807, 2.05) is 0 Å². The van der Waals surface area contributed by atoms with E-state index in [2.05, 4.69) is 15.4 Å². The maximum atomic E-state index is 12.1. The highest BCUT2D eigenvalue weighted by atomic mass is 32.2. The first-order chi connectivity index (χ1) is 13.3. The summed E-state index contributed by atoms with van der Waals surface area (Å²) in [4.78, 5) is 35.4. The Morgan fingerprint density at radius 1 is 0.964 bits per heavy atom. The van der Waals surface area contributed by atoms with Gasteiger partial charge >= 0.3 is 5.97 Å². The van der Waals surface area contributed by atoms with Crippen molar-refractivity contribution in [2.45, 2.75) is 4.90 Å². The molecule has 2 amide bonds. The molecule has 0 heterocycles. The topological polar surface area (TPSA) is 131 Å². The average molecular weight is 405 g/mol. The van der Waals surface area contributed by atoms with Crippen LogP contribution in [-0.2, 0) is 19.6 Å². The summed E-state index contributed by atoms with van der Waals surface area (Å²) in [5.41, 5.74) is 0.859. The molecule has 0 aliphatic carbocycles. The van der Waals surface area contributed by atoms with E-state index in [-0.39, 0.29) is 16.4 Å². The molecule has 148 valence electrons. The lowest BCUT2D eigenvalue weighted by Gasteiger charge is -2.08. The van der Waals surface area contributed by atoms with Gasteiger partial charge in [0.1, 0.15) is 0 Å². The lowest BCUT2D eigenvalue weighted by atomic mass is 10.2. The first-order valence-electron chi connectivity index (χ1n) is 8.09. The van der Waals surface area contributed by atoms with Gasteiger partial charge in [-0.25, -0.2) is 17.9 Å². The Bertz CT molecular complexity index is 987. The molecule has 2 aromatic carbocycles. The van der Waals surface area contributed by atoms with Crippen molar-refractivity contribution in [2.24, 2.45) is 0 Å². The molecule has 0 saturated carbocycles. The largest absolute Gasteiger partial charge is 0.452 e. The smallest absolute Gasteiger partial charge is 0.338 e. The lowest BCUT2D eigenvalue weighted by Crippen LogP contribution is -2.22. The molecule has 3 N–H and O–H groups in total. The molecule has 10 heteroatoms. The fourth-order valence-corrected chi connectivity index (χ4v) is 2.94. The fraction of sp³-hybridized carbons (Fsp3) is 0.167. The van der Waals surface area contributed by atoms with E-state index in [1.54, 1.807) is 0 Å². The number of carbonyl (C=O) groups is 3. The molecule has 0 aliphatic heterocycles. The summed E-state index contributed by atoms with van der Waals surface area (Å²) in [7, 11) is -0.937. The highest BCUT2D eigenvalue weighted by Gasteiger charge is 2.16. The van der Waals surface area contributed by atoms with Crippen LogP contribution in [-0.4, -0.2) is 46.9 Å². The molecule has 0 unspecified atom stereocenters. The number of esters is 1. The van der Waals surface area contributed by atoms with Crippen LogP contribution in [0, 0.1) is 0 Å². The second-order valence-electron chi connectivity index (χ2n) is 5.52. The van der Waals surface area contributed by atoms with Crippen molar-refractivity contribution in [1.29, 1.82) is 0 Å². The monoisotopic (exact) mass is 405 g/mol. The number of hydrogen-bond donors (Lipinski definition) is 3. The Labute approximate surface area is 162 Å². The quantitative estimate of drug-likeness (QED) is 0.583. The maximum Gasteiger partial charge on any atom is 0.338 e. The van der Waals surface area contributed by atoms with Gasteiger partial charge in [-0.3, -0.25) is 9.59 Å². The molecule has 2 rings (SSSR count). The third kappa shape index (κ3) is 5.38. The van der Waals surface area contributed by atoms with Crippen LogP contribution in [0.2, 0.25) is 0 Å². The summed E-state index contributed by atoms with van der Waals surface area (Å²) in [5, 5.41) is 5.01. The third-order valence-corrected chi connectivity index (χ3v) is 5.05. The zero-order valence-electron chi connectivity index (χ0n) is 15.2. The average Bonchev–Trinajstić information content (AvgIpc) is 2.72. The van der Waals surface area contributed by atoms with Gasteiger partial charge in [0.15, 0.2) is 6.61 Å². The van der Waals surface area contributed by atoms with Crippen LogP contribution >= 0.6 is 0 Å². The van der Waals surface area contributed by atoms with E-state index < -0.39 is 28.5 Å². The van der Waals surface area contributed by atoms with Crippen molar-refractivity contribution in [2.75, 3.05) is 26.0 Å².